The van der Waals surface area contributed by atoms with Crippen LogP contribution in [0.2, 0.25) is 18.1 Å². The SMILES string of the molecule is CC#CCCCC#CCO[Si](C)(C)C(C)(C)C. The topological polar surface area (TPSA) is 9.23 Å². The number of unbranched alkanes of at least 4 members (excludes halogenated alkanes) is 2. The Morgan fingerprint density at radius 3 is 2.12 bits per heavy atom. The second-order valence-corrected chi connectivity index (χ2v) is 10.5. The lowest BCUT2D eigenvalue weighted by Crippen LogP contribution is -2.40. The second-order valence-electron chi connectivity index (χ2n) is 5.68. The van der Waals surface area contributed by atoms with Crippen LogP contribution >= 0.6 is 0 Å². The minimum absolute atomic E-state index is 0.269. The molecule has 0 spiro atoms. The van der Waals surface area contributed by atoms with Gasteiger partial charge >= 0.3 is 0 Å². The molecule has 17 heavy (non-hydrogen) atoms. The summed E-state index contributed by atoms with van der Waals surface area (Å²) in [5.74, 6) is 12.2. The monoisotopic (exact) mass is 250 g/mol. The van der Waals surface area contributed by atoms with E-state index in [1.54, 1.807) is 0 Å². The average Bonchev–Trinajstić information content (AvgIpc) is 2.20. The third-order valence-electron chi connectivity index (χ3n) is 3.22. The van der Waals surface area contributed by atoms with E-state index in [4.69, 9.17) is 4.43 Å². The van der Waals surface area contributed by atoms with Crippen LogP contribution in [0.4, 0.5) is 0 Å². The van der Waals surface area contributed by atoms with Crippen molar-refractivity contribution in [1.29, 1.82) is 0 Å². The van der Waals surface area contributed by atoms with Crippen LogP contribution in [-0.2, 0) is 4.43 Å². The molecular formula is C15H26OSi. The van der Waals surface area contributed by atoms with Crippen LogP contribution in [0.3, 0.4) is 0 Å². The van der Waals surface area contributed by atoms with Gasteiger partial charge in [-0.25, -0.2) is 0 Å². The van der Waals surface area contributed by atoms with E-state index in [2.05, 4.69) is 57.5 Å². The first-order chi connectivity index (χ1) is 7.81. The molecule has 0 aromatic carbocycles. The average molecular weight is 250 g/mol. The van der Waals surface area contributed by atoms with Gasteiger partial charge in [0.25, 0.3) is 0 Å². The zero-order valence-electron chi connectivity index (χ0n) is 12.2. The van der Waals surface area contributed by atoms with Gasteiger partial charge in [-0.2, -0.15) is 0 Å². The molecule has 0 aliphatic carbocycles. The van der Waals surface area contributed by atoms with E-state index in [-0.39, 0.29) is 5.04 Å². The molecule has 96 valence electrons. The van der Waals surface area contributed by atoms with E-state index in [1.165, 1.54) is 0 Å². The fraction of sp³-hybridized carbons (Fsp3) is 0.733. The molecule has 0 aromatic rings. The van der Waals surface area contributed by atoms with Crippen molar-refractivity contribution in [3.63, 3.8) is 0 Å². The predicted octanol–water partition coefficient (Wildman–Crippen LogP) is 4.21. The second kappa shape index (κ2) is 7.59. The van der Waals surface area contributed by atoms with Crippen molar-refractivity contribution in [3.05, 3.63) is 0 Å². The summed E-state index contributed by atoms with van der Waals surface area (Å²) >= 11 is 0. The van der Waals surface area contributed by atoms with Crippen LogP contribution in [0.1, 0.15) is 47.0 Å². The molecule has 0 saturated heterocycles. The summed E-state index contributed by atoms with van der Waals surface area (Å²) in [6, 6.07) is 0. The van der Waals surface area contributed by atoms with Crippen molar-refractivity contribution in [2.24, 2.45) is 0 Å². The summed E-state index contributed by atoms with van der Waals surface area (Å²) < 4.78 is 5.96. The van der Waals surface area contributed by atoms with Gasteiger partial charge < -0.3 is 4.43 Å². The molecule has 0 amide bonds. The molecule has 0 aliphatic heterocycles. The lowest BCUT2D eigenvalue weighted by atomic mass is 10.2. The van der Waals surface area contributed by atoms with Crippen LogP contribution in [0, 0.1) is 23.7 Å². The molecule has 0 rings (SSSR count). The van der Waals surface area contributed by atoms with Gasteiger partial charge in [0.15, 0.2) is 8.32 Å². The fourth-order valence-electron chi connectivity index (χ4n) is 0.963. The highest BCUT2D eigenvalue weighted by Gasteiger charge is 2.36. The number of hydrogen-bond acceptors (Lipinski definition) is 1. The molecule has 0 N–H and O–H groups in total. The molecule has 0 atom stereocenters. The maximum atomic E-state index is 5.96. The fourth-order valence-corrected chi connectivity index (χ4v) is 1.83. The third kappa shape index (κ3) is 7.26. The Balaban J connectivity index is 3.83. The van der Waals surface area contributed by atoms with Gasteiger partial charge in [-0.15, -0.1) is 17.8 Å². The largest absolute Gasteiger partial charge is 0.406 e. The molecule has 0 bridgehead atoms. The van der Waals surface area contributed by atoms with Crippen LogP contribution in [0.15, 0.2) is 0 Å². The summed E-state index contributed by atoms with van der Waals surface area (Å²) in [5.41, 5.74) is 0. The molecule has 0 saturated carbocycles. The standard InChI is InChI=1S/C15H26OSi/c1-7-8-9-10-11-12-13-14-16-17(5,6)15(2,3)4/h9-11,14H2,1-6H3. The molecule has 1 nitrogen and oxygen atoms in total. The zero-order valence-corrected chi connectivity index (χ0v) is 13.2. The maximum Gasteiger partial charge on any atom is 0.193 e. The normalized spacial score (nSPS) is 11.2. The number of rotatable bonds is 4. The molecule has 0 aliphatic rings. The molecule has 0 aromatic heterocycles. The molecule has 0 radical (unpaired) electrons. The van der Waals surface area contributed by atoms with Crippen molar-refractivity contribution >= 4 is 8.32 Å². The van der Waals surface area contributed by atoms with E-state index >= 15 is 0 Å². The Bertz CT molecular complexity index is 328. The number of hydrogen-bond donors (Lipinski definition) is 0. The van der Waals surface area contributed by atoms with Crippen LogP contribution < -0.4 is 0 Å². The minimum Gasteiger partial charge on any atom is -0.406 e. The minimum atomic E-state index is -1.61. The van der Waals surface area contributed by atoms with Crippen LogP contribution in [0.25, 0.3) is 0 Å². The van der Waals surface area contributed by atoms with Crippen molar-refractivity contribution in [3.8, 4) is 23.7 Å². The first-order valence-corrected chi connectivity index (χ1v) is 9.21. The summed E-state index contributed by atoms with van der Waals surface area (Å²) in [6.45, 7) is 13.7. The van der Waals surface area contributed by atoms with E-state index in [0.717, 1.165) is 19.3 Å². The van der Waals surface area contributed by atoms with Crippen LogP contribution in [-0.4, -0.2) is 14.9 Å². The van der Waals surface area contributed by atoms with Gasteiger partial charge in [0.1, 0.15) is 0 Å². The van der Waals surface area contributed by atoms with Crippen molar-refractivity contribution < 1.29 is 4.43 Å². The maximum absolute atomic E-state index is 5.96. The highest BCUT2D eigenvalue weighted by Crippen LogP contribution is 2.36. The van der Waals surface area contributed by atoms with Gasteiger partial charge in [0, 0.05) is 12.8 Å². The molecule has 0 unspecified atom stereocenters. The van der Waals surface area contributed by atoms with E-state index < -0.39 is 8.32 Å². The Morgan fingerprint density at radius 2 is 1.59 bits per heavy atom. The van der Waals surface area contributed by atoms with Gasteiger partial charge in [-0.1, -0.05) is 26.7 Å². The summed E-state index contributed by atoms with van der Waals surface area (Å²) in [4.78, 5) is 0. The van der Waals surface area contributed by atoms with Crippen molar-refractivity contribution in [1.82, 2.24) is 0 Å². The first-order valence-electron chi connectivity index (χ1n) is 6.30. The highest BCUT2D eigenvalue weighted by molar-refractivity contribution is 6.74. The zero-order chi connectivity index (χ0) is 13.4. The quantitative estimate of drug-likeness (QED) is 0.413. The Labute approximate surface area is 108 Å². The predicted molar refractivity (Wildman–Crippen MR) is 78.2 cm³/mol. The lowest BCUT2D eigenvalue weighted by Gasteiger charge is -2.35. The van der Waals surface area contributed by atoms with E-state index in [9.17, 15) is 0 Å². The Hall–Kier alpha value is -0.703. The highest BCUT2D eigenvalue weighted by atomic mass is 28.4. The molecule has 0 fully saturated rings. The van der Waals surface area contributed by atoms with Crippen molar-refractivity contribution in [2.45, 2.75) is 65.1 Å². The van der Waals surface area contributed by atoms with Gasteiger partial charge in [0.2, 0.25) is 0 Å². The molecular weight excluding hydrogens is 224 g/mol. The molecule has 0 heterocycles. The van der Waals surface area contributed by atoms with Gasteiger partial charge in [-0.3, -0.25) is 0 Å². The molecule has 2 heteroatoms. The Kier molecular flexibility index (Phi) is 7.28. The van der Waals surface area contributed by atoms with Gasteiger partial charge in [-0.05, 0) is 31.5 Å². The smallest absolute Gasteiger partial charge is 0.193 e. The summed E-state index contributed by atoms with van der Waals surface area (Å²) in [7, 11) is -1.61. The Morgan fingerprint density at radius 1 is 1.00 bits per heavy atom. The van der Waals surface area contributed by atoms with E-state index in [0.29, 0.717) is 6.61 Å². The third-order valence-corrected chi connectivity index (χ3v) is 7.70. The lowest BCUT2D eigenvalue weighted by molar-refractivity contribution is 0.334. The van der Waals surface area contributed by atoms with Crippen molar-refractivity contribution in [2.75, 3.05) is 6.61 Å². The van der Waals surface area contributed by atoms with Crippen LogP contribution in [0.5, 0.6) is 0 Å². The van der Waals surface area contributed by atoms with E-state index in [1.807, 2.05) is 6.92 Å². The summed E-state index contributed by atoms with van der Waals surface area (Å²) in [6.07, 6.45) is 2.94. The summed E-state index contributed by atoms with van der Waals surface area (Å²) in [5, 5.41) is 0.269. The van der Waals surface area contributed by atoms with Gasteiger partial charge in [0.05, 0.1) is 6.61 Å². The first kappa shape index (κ1) is 16.3.